The Kier molecular flexibility index (Phi) is 4.60. The molecule has 0 aliphatic rings. The highest BCUT2D eigenvalue weighted by Crippen LogP contribution is 2.15. The van der Waals surface area contributed by atoms with Gasteiger partial charge < -0.3 is 19.3 Å². The fourth-order valence-corrected chi connectivity index (χ4v) is 2.41. The van der Waals surface area contributed by atoms with Gasteiger partial charge in [0.05, 0.1) is 12.0 Å². The summed E-state index contributed by atoms with van der Waals surface area (Å²) in [5.41, 5.74) is 0.188. The predicted octanol–water partition coefficient (Wildman–Crippen LogP) is 1.96. The van der Waals surface area contributed by atoms with Crippen molar-refractivity contribution >= 4 is 5.91 Å². The molecular weight excluding hydrogens is 308 g/mol. The largest absolute Gasteiger partial charge is 0.463 e. The average molecular weight is 326 g/mol. The SMILES string of the molecule is Cc1nccn1CCCNC(=O)c1ccc(-c2ccco2)[nH]c1=O. The Labute approximate surface area is 138 Å². The molecule has 0 spiro atoms. The Hall–Kier alpha value is -3.09. The van der Waals surface area contributed by atoms with E-state index < -0.39 is 5.56 Å². The van der Waals surface area contributed by atoms with E-state index in [1.807, 2.05) is 17.7 Å². The quantitative estimate of drug-likeness (QED) is 0.677. The first-order valence-corrected chi connectivity index (χ1v) is 7.68. The highest BCUT2D eigenvalue weighted by molar-refractivity contribution is 5.93. The fourth-order valence-electron chi connectivity index (χ4n) is 2.41. The molecule has 3 heterocycles. The minimum atomic E-state index is -0.438. The first-order valence-electron chi connectivity index (χ1n) is 7.68. The monoisotopic (exact) mass is 326 g/mol. The highest BCUT2D eigenvalue weighted by atomic mass is 16.3. The van der Waals surface area contributed by atoms with Crippen molar-refractivity contribution in [1.29, 1.82) is 0 Å². The molecule has 0 aliphatic carbocycles. The first kappa shape index (κ1) is 15.8. The van der Waals surface area contributed by atoms with E-state index in [4.69, 9.17) is 4.42 Å². The second kappa shape index (κ2) is 6.99. The number of furan rings is 1. The minimum absolute atomic E-state index is 0.0871. The number of carbonyl (C=O) groups is 1. The van der Waals surface area contributed by atoms with E-state index in [0.717, 1.165) is 18.8 Å². The first-order chi connectivity index (χ1) is 11.6. The number of rotatable bonds is 6. The van der Waals surface area contributed by atoms with Gasteiger partial charge in [-0.05, 0) is 37.6 Å². The summed E-state index contributed by atoms with van der Waals surface area (Å²) >= 11 is 0. The Bertz CT molecular complexity index is 877. The molecule has 7 heteroatoms. The number of imidazole rings is 1. The molecule has 7 nitrogen and oxygen atoms in total. The number of amides is 1. The van der Waals surface area contributed by atoms with Crippen LogP contribution < -0.4 is 10.9 Å². The number of hydrogen-bond donors (Lipinski definition) is 2. The molecule has 0 radical (unpaired) electrons. The molecule has 3 aromatic heterocycles. The Balaban J connectivity index is 1.57. The summed E-state index contributed by atoms with van der Waals surface area (Å²) in [4.78, 5) is 31.0. The van der Waals surface area contributed by atoms with Gasteiger partial charge in [0.2, 0.25) is 0 Å². The van der Waals surface area contributed by atoms with Crippen LogP contribution in [0.15, 0.2) is 52.1 Å². The summed E-state index contributed by atoms with van der Waals surface area (Å²) < 4.78 is 7.23. The highest BCUT2D eigenvalue weighted by Gasteiger charge is 2.11. The van der Waals surface area contributed by atoms with Crippen LogP contribution in [0.25, 0.3) is 11.5 Å². The van der Waals surface area contributed by atoms with Gasteiger partial charge in [-0.2, -0.15) is 0 Å². The van der Waals surface area contributed by atoms with Crippen molar-refractivity contribution in [3.63, 3.8) is 0 Å². The van der Waals surface area contributed by atoms with E-state index in [9.17, 15) is 9.59 Å². The van der Waals surface area contributed by atoms with Crippen molar-refractivity contribution in [2.24, 2.45) is 0 Å². The molecule has 0 fully saturated rings. The van der Waals surface area contributed by atoms with E-state index in [-0.39, 0.29) is 11.5 Å². The molecule has 0 atom stereocenters. The molecular formula is C17H18N4O3. The van der Waals surface area contributed by atoms with Crippen molar-refractivity contribution in [3.05, 3.63) is 64.7 Å². The molecule has 1 amide bonds. The van der Waals surface area contributed by atoms with Gasteiger partial charge in [0, 0.05) is 25.5 Å². The van der Waals surface area contributed by atoms with Gasteiger partial charge in [0.15, 0.2) is 0 Å². The summed E-state index contributed by atoms with van der Waals surface area (Å²) in [5.74, 6) is 1.10. The van der Waals surface area contributed by atoms with Gasteiger partial charge in [-0.15, -0.1) is 0 Å². The van der Waals surface area contributed by atoms with E-state index in [2.05, 4.69) is 15.3 Å². The zero-order valence-corrected chi connectivity index (χ0v) is 13.3. The van der Waals surface area contributed by atoms with Crippen LogP contribution in [0.1, 0.15) is 22.6 Å². The van der Waals surface area contributed by atoms with E-state index >= 15 is 0 Å². The standard InChI is InChI=1S/C17H18N4O3/c1-12-18-8-10-21(12)9-3-7-19-16(22)13-5-6-14(20-17(13)23)15-4-2-11-24-15/h2,4-6,8,10-11H,3,7,9H2,1H3,(H,19,22)(H,20,23). The van der Waals surface area contributed by atoms with Crippen molar-refractivity contribution in [2.45, 2.75) is 19.9 Å². The molecule has 0 unspecified atom stereocenters. The van der Waals surface area contributed by atoms with Crippen LogP contribution in [0.3, 0.4) is 0 Å². The summed E-state index contributed by atoms with van der Waals surface area (Å²) in [5, 5.41) is 2.76. The average Bonchev–Trinajstić information content (AvgIpc) is 3.23. The zero-order chi connectivity index (χ0) is 16.9. The van der Waals surface area contributed by atoms with Gasteiger partial charge in [-0.25, -0.2) is 4.98 Å². The van der Waals surface area contributed by atoms with Crippen LogP contribution in [0.2, 0.25) is 0 Å². The number of nitrogens with one attached hydrogen (secondary N) is 2. The topological polar surface area (TPSA) is 92.9 Å². The van der Waals surface area contributed by atoms with Gasteiger partial charge >= 0.3 is 0 Å². The lowest BCUT2D eigenvalue weighted by atomic mass is 10.2. The molecule has 124 valence electrons. The molecule has 2 N–H and O–H groups in total. The number of aromatic nitrogens is 3. The molecule has 0 aromatic carbocycles. The van der Waals surface area contributed by atoms with Crippen molar-refractivity contribution in [1.82, 2.24) is 19.9 Å². The normalized spacial score (nSPS) is 10.7. The molecule has 0 bridgehead atoms. The number of nitrogens with zero attached hydrogens (tertiary/aromatic N) is 2. The molecule has 0 saturated heterocycles. The summed E-state index contributed by atoms with van der Waals surface area (Å²) in [7, 11) is 0. The van der Waals surface area contributed by atoms with E-state index in [0.29, 0.717) is 18.0 Å². The maximum atomic E-state index is 12.1. The lowest BCUT2D eigenvalue weighted by Gasteiger charge is -2.07. The fraction of sp³-hybridized carbons (Fsp3) is 0.235. The number of H-pyrrole nitrogens is 1. The van der Waals surface area contributed by atoms with Crippen LogP contribution >= 0.6 is 0 Å². The smallest absolute Gasteiger partial charge is 0.261 e. The zero-order valence-electron chi connectivity index (χ0n) is 13.3. The molecule has 24 heavy (non-hydrogen) atoms. The number of pyridine rings is 1. The Morgan fingerprint density at radius 3 is 2.92 bits per heavy atom. The number of aryl methyl sites for hydroxylation is 2. The Morgan fingerprint density at radius 1 is 1.38 bits per heavy atom. The molecule has 0 aliphatic heterocycles. The molecule has 3 aromatic rings. The molecule has 3 rings (SSSR count). The van der Waals surface area contributed by atoms with Gasteiger partial charge in [-0.1, -0.05) is 0 Å². The van der Waals surface area contributed by atoms with Crippen LogP contribution in [0.5, 0.6) is 0 Å². The van der Waals surface area contributed by atoms with Gasteiger partial charge in [0.25, 0.3) is 11.5 Å². The summed E-state index contributed by atoms with van der Waals surface area (Å²) in [6.45, 7) is 3.18. The lowest BCUT2D eigenvalue weighted by molar-refractivity contribution is 0.0951. The second-order valence-electron chi connectivity index (χ2n) is 5.37. The second-order valence-corrected chi connectivity index (χ2v) is 5.37. The van der Waals surface area contributed by atoms with E-state index in [1.54, 1.807) is 24.4 Å². The maximum Gasteiger partial charge on any atom is 0.261 e. The Morgan fingerprint density at radius 2 is 2.25 bits per heavy atom. The molecule has 0 saturated carbocycles. The van der Waals surface area contributed by atoms with Gasteiger partial charge in [0.1, 0.15) is 17.1 Å². The van der Waals surface area contributed by atoms with Crippen molar-refractivity contribution in [2.75, 3.05) is 6.54 Å². The summed E-state index contributed by atoms with van der Waals surface area (Å²) in [6, 6.07) is 6.63. The van der Waals surface area contributed by atoms with Crippen LogP contribution in [-0.2, 0) is 6.54 Å². The van der Waals surface area contributed by atoms with Crippen molar-refractivity contribution in [3.8, 4) is 11.5 Å². The maximum absolute atomic E-state index is 12.1. The lowest BCUT2D eigenvalue weighted by Crippen LogP contribution is -2.30. The van der Waals surface area contributed by atoms with E-state index in [1.165, 1.54) is 12.3 Å². The van der Waals surface area contributed by atoms with Crippen LogP contribution in [-0.4, -0.2) is 27.0 Å². The van der Waals surface area contributed by atoms with Crippen LogP contribution in [0, 0.1) is 6.92 Å². The van der Waals surface area contributed by atoms with Crippen LogP contribution in [0.4, 0.5) is 0 Å². The third-order valence-corrected chi connectivity index (χ3v) is 3.73. The predicted molar refractivity (Wildman–Crippen MR) is 88.7 cm³/mol. The number of carbonyl (C=O) groups excluding carboxylic acids is 1. The van der Waals surface area contributed by atoms with Crippen molar-refractivity contribution < 1.29 is 9.21 Å². The summed E-state index contributed by atoms with van der Waals surface area (Å²) in [6.07, 6.45) is 5.92. The number of hydrogen-bond acceptors (Lipinski definition) is 4. The number of aromatic amines is 1. The minimum Gasteiger partial charge on any atom is -0.463 e. The third kappa shape index (κ3) is 3.45. The third-order valence-electron chi connectivity index (χ3n) is 3.73. The van der Waals surface area contributed by atoms with Gasteiger partial charge in [-0.3, -0.25) is 9.59 Å².